The van der Waals surface area contributed by atoms with Gasteiger partial charge in [-0.15, -0.1) is 0 Å². The molecule has 2 N–H and O–H groups in total. The van der Waals surface area contributed by atoms with E-state index >= 15 is 0 Å². The lowest BCUT2D eigenvalue weighted by Gasteiger charge is -2.19. The van der Waals surface area contributed by atoms with Crippen molar-refractivity contribution in [3.8, 4) is 0 Å². The third-order valence-corrected chi connectivity index (χ3v) is 4.74. The maximum Gasteiger partial charge on any atom is 0.259 e. The molecule has 0 bridgehead atoms. The Morgan fingerprint density at radius 1 is 1.19 bits per heavy atom. The van der Waals surface area contributed by atoms with Crippen molar-refractivity contribution < 1.29 is 4.79 Å². The molecule has 0 atom stereocenters. The molecule has 0 unspecified atom stereocenters. The van der Waals surface area contributed by atoms with E-state index in [-0.39, 0.29) is 11.5 Å². The predicted molar refractivity (Wildman–Crippen MR) is 103 cm³/mol. The molecule has 1 amide bonds. The Hall–Kier alpha value is -3.15. The molecule has 3 heterocycles. The van der Waals surface area contributed by atoms with Crippen molar-refractivity contribution in [2.45, 2.75) is 19.8 Å². The average Bonchev–Trinajstić information content (AvgIpc) is 3.17. The standard InChI is InChI=1S/C20H20N4O2/c1-13-11-18(25)23-17-7-6-14(12-16(13)17)22-20(26)15-5-4-8-21-19(15)24-9-2-3-10-24/h4-8,11-12H,2-3,9-10H2,1H3,(H,22,26)(H,23,25). The first-order valence-electron chi connectivity index (χ1n) is 8.77. The van der Waals surface area contributed by atoms with E-state index in [1.807, 2.05) is 19.1 Å². The SMILES string of the molecule is Cc1cc(=O)[nH]c2ccc(NC(=O)c3cccnc3N3CCCC3)cc12. The fourth-order valence-electron chi connectivity index (χ4n) is 3.45. The number of rotatable bonds is 3. The summed E-state index contributed by atoms with van der Waals surface area (Å²) >= 11 is 0. The van der Waals surface area contributed by atoms with Crippen molar-refractivity contribution in [1.29, 1.82) is 0 Å². The van der Waals surface area contributed by atoms with Gasteiger partial charge in [-0.05, 0) is 55.7 Å². The highest BCUT2D eigenvalue weighted by Gasteiger charge is 2.20. The Morgan fingerprint density at radius 3 is 2.81 bits per heavy atom. The third kappa shape index (κ3) is 3.06. The van der Waals surface area contributed by atoms with Crippen LogP contribution >= 0.6 is 0 Å². The molecule has 4 rings (SSSR count). The second-order valence-electron chi connectivity index (χ2n) is 6.60. The van der Waals surface area contributed by atoms with Crippen LogP contribution in [0.2, 0.25) is 0 Å². The third-order valence-electron chi connectivity index (χ3n) is 4.74. The number of carbonyl (C=O) groups excluding carboxylic acids is 1. The minimum Gasteiger partial charge on any atom is -0.356 e. The number of hydrogen-bond acceptors (Lipinski definition) is 4. The number of aryl methyl sites for hydroxylation is 1. The lowest BCUT2D eigenvalue weighted by Crippen LogP contribution is -2.24. The maximum atomic E-state index is 12.8. The summed E-state index contributed by atoms with van der Waals surface area (Å²) in [6.45, 7) is 3.75. The number of pyridine rings is 2. The molecule has 0 saturated carbocycles. The summed E-state index contributed by atoms with van der Waals surface area (Å²) in [5.41, 5.74) is 2.77. The van der Waals surface area contributed by atoms with Gasteiger partial charge in [-0.1, -0.05) is 0 Å². The molecule has 0 aliphatic carbocycles. The zero-order valence-corrected chi connectivity index (χ0v) is 14.6. The summed E-state index contributed by atoms with van der Waals surface area (Å²) < 4.78 is 0. The maximum absolute atomic E-state index is 12.8. The van der Waals surface area contributed by atoms with E-state index in [1.54, 1.807) is 30.5 Å². The minimum absolute atomic E-state index is 0.127. The molecule has 1 saturated heterocycles. The quantitative estimate of drug-likeness (QED) is 0.762. The lowest BCUT2D eigenvalue weighted by molar-refractivity contribution is 0.102. The Labute approximate surface area is 150 Å². The van der Waals surface area contributed by atoms with Gasteiger partial charge in [-0.2, -0.15) is 0 Å². The Kier molecular flexibility index (Phi) is 4.16. The molecule has 3 aromatic rings. The van der Waals surface area contributed by atoms with E-state index in [4.69, 9.17) is 0 Å². The van der Waals surface area contributed by atoms with Crippen LogP contribution in [0.15, 0.2) is 47.4 Å². The molecular weight excluding hydrogens is 328 g/mol. The summed E-state index contributed by atoms with van der Waals surface area (Å²) in [7, 11) is 0. The molecule has 1 aromatic carbocycles. The number of nitrogens with one attached hydrogen (secondary N) is 2. The van der Waals surface area contributed by atoms with E-state index in [0.717, 1.165) is 48.2 Å². The van der Waals surface area contributed by atoms with Gasteiger partial charge >= 0.3 is 0 Å². The van der Waals surface area contributed by atoms with Crippen LogP contribution in [0.1, 0.15) is 28.8 Å². The number of anilines is 2. The van der Waals surface area contributed by atoms with E-state index in [1.165, 1.54) is 0 Å². The largest absolute Gasteiger partial charge is 0.356 e. The number of H-pyrrole nitrogens is 1. The Balaban J connectivity index is 1.65. The topological polar surface area (TPSA) is 78.1 Å². The number of nitrogens with zero attached hydrogens (tertiary/aromatic N) is 2. The normalized spacial score (nSPS) is 14.0. The molecule has 1 aliphatic heterocycles. The van der Waals surface area contributed by atoms with Crippen molar-refractivity contribution in [1.82, 2.24) is 9.97 Å². The molecule has 1 aliphatic rings. The first-order valence-corrected chi connectivity index (χ1v) is 8.77. The second kappa shape index (κ2) is 6.63. The zero-order valence-electron chi connectivity index (χ0n) is 14.6. The van der Waals surface area contributed by atoms with Gasteiger partial charge in [0, 0.05) is 41.9 Å². The van der Waals surface area contributed by atoms with Gasteiger partial charge in [0.25, 0.3) is 5.91 Å². The van der Waals surface area contributed by atoms with Crippen molar-refractivity contribution in [2.75, 3.05) is 23.3 Å². The molecule has 0 spiro atoms. The predicted octanol–water partition coefficient (Wildman–Crippen LogP) is 3.08. The smallest absolute Gasteiger partial charge is 0.259 e. The van der Waals surface area contributed by atoms with Crippen molar-refractivity contribution in [2.24, 2.45) is 0 Å². The molecule has 2 aromatic heterocycles. The molecule has 26 heavy (non-hydrogen) atoms. The summed E-state index contributed by atoms with van der Waals surface area (Å²) in [5, 5.41) is 3.87. The first kappa shape index (κ1) is 16.3. The summed E-state index contributed by atoms with van der Waals surface area (Å²) in [6, 6.07) is 10.6. The number of fused-ring (bicyclic) bond motifs is 1. The summed E-state index contributed by atoms with van der Waals surface area (Å²) in [5.74, 6) is 0.560. The van der Waals surface area contributed by atoms with Gasteiger partial charge in [-0.3, -0.25) is 9.59 Å². The van der Waals surface area contributed by atoms with E-state index < -0.39 is 0 Å². The van der Waals surface area contributed by atoms with Gasteiger partial charge in [0.05, 0.1) is 5.56 Å². The number of amides is 1. The number of aromatic amines is 1. The van der Waals surface area contributed by atoms with Crippen LogP contribution in [0, 0.1) is 6.92 Å². The van der Waals surface area contributed by atoms with Gasteiger partial charge in [0.1, 0.15) is 5.82 Å². The van der Waals surface area contributed by atoms with Crippen molar-refractivity contribution in [3.05, 3.63) is 64.1 Å². The van der Waals surface area contributed by atoms with Crippen molar-refractivity contribution >= 4 is 28.3 Å². The molecule has 6 heteroatoms. The molecule has 132 valence electrons. The number of aromatic nitrogens is 2. The van der Waals surface area contributed by atoms with Crippen LogP contribution in [0.3, 0.4) is 0 Å². The van der Waals surface area contributed by atoms with Crippen LogP contribution in [-0.2, 0) is 0 Å². The van der Waals surface area contributed by atoms with Gasteiger partial charge in [0.2, 0.25) is 5.56 Å². The monoisotopic (exact) mass is 348 g/mol. The average molecular weight is 348 g/mol. The second-order valence-corrected chi connectivity index (χ2v) is 6.60. The lowest BCUT2D eigenvalue weighted by atomic mass is 10.1. The number of carbonyl (C=O) groups is 1. The van der Waals surface area contributed by atoms with E-state index in [2.05, 4.69) is 20.2 Å². The van der Waals surface area contributed by atoms with E-state index in [0.29, 0.717) is 11.3 Å². The Morgan fingerprint density at radius 2 is 2.00 bits per heavy atom. The number of benzene rings is 1. The van der Waals surface area contributed by atoms with Crippen LogP contribution < -0.4 is 15.8 Å². The number of hydrogen-bond donors (Lipinski definition) is 2. The fourth-order valence-corrected chi connectivity index (χ4v) is 3.45. The molecule has 6 nitrogen and oxygen atoms in total. The van der Waals surface area contributed by atoms with Crippen LogP contribution in [0.5, 0.6) is 0 Å². The van der Waals surface area contributed by atoms with Crippen molar-refractivity contribution in [3.63, 3.8) is 0 Å². The summed E-state index contributed by atoms with van der Waals surface area (Å²) in [6.07, 6.45) is 3.97. The van der Waals surface area contributed by atoms with Crippen LogP contribution in [0.25, 0.3) is 10.9 Å². The fraction of sp³-hybridized carbons (Fsp3) is 0.250. The molecule has 1 fully saturated rings. The summed E-state index contributed by atoms with van der Waals surface area (Å²) in [4.78, 5) is 33.8. The molecular formula is C20H20N4O2. The highest BCUT2D eigenvalue weighted by molar-refractivity contribution is 6.08. The Bertz CT molecular complexity index is 1040. The van der Waals surface area contributed by atoms with Crippen LogP contribution in [0.4, 0.5) is 11.5 Å². The zero-order chi connectivity index (χ0) is 18.1. The van der Waals surface area contributed by atoms with Gasteiger partial charge in [0.15, 0.2) is 0 Å². The highest BCUT2D eigenvalue weighted by Crippen LogP contribution is 2.24. The minimum atomic E-state index is -0.179. The van der Waals surface area contributed by atoms with Gasteiger partial charge in [-0.25, -0.2) is 4.98 Å². The highest BCUT2D eigenvalue weighted by atomic mass is 16.1. The van der Waals surface area contributed by atoms with Crippen LogP contribution in [-0.4, -0.2) is 29.0 Å². The van der Waals surface area contributed by atoms with E-state index in [9.17, 15) is 9.59 Å². The van der Waals surface area contributed by atoms with Gasteiger partial charge < -0.3 is 15.2 Å². The first-order chi connectivity index (χ1) is 12.6. The molecule has 0 radical (unpaired) electrons.